The van der Waals surface area contributed by atoms with E-state index >= 15 is 0 Å². The lowest BCUT2D eigenvalue weighted by Gasteiger charge is -2.27. The van der Waals surface area contributed by atoms with Crippen LogP contribution in [0.25, 0.3) is 0 Å². The van der Waals surface area contributed by atoms with Gasteiger partial charge in [-0.25, -0.2) is 9.18 Å². The van der Waals surface area contributed by atoms with Crippen LogP contribution in [0.5, 0.6) is 5.75 Å². The first-order chi connectivity index (χ1) is 10.6. The molecule has 1 amide bonds. The molecule has 0 aliphatic rings. The Balaban J connectivity index is 2.52. The van der Waals surface area contributed by atoms with E-state index in [0.717, 1.165) is 6.07 Å². The largest absolute Gasteiger partial charge is 0.508 e. The minimum absolute atomic E-state index is 0.0792. The molecule has 1 aromatic carbocycles. The molecule has 0 spiro atoms. The molecule has 0 saturated carbocycles. The van der Waals surface area contributed by atoms with Gasteiger partial charge >= 0.3 is 6.09 Å². The topological polar surface area (TPSA) is 61.8 Å². The van der Waals surface area contributed by atoms with Crippen LogP contribution in [0.4, 0.5) is 9.18 Å². The Bertz CT molecular complexity index is 529. The van der Waals surface area contributed by atoms with Crippen molar-refractivity contribution in [3.63, 3.8) is 0 Å². The van der Waals surface area contributed by atoms with E-state index in [0.29, 0.717) is 25.2 Å². The summed E-state index contributed by atoms with van der Waals surface area (Å²) in [4.78, 5) is 13.6. The van der Waals surface area contributed by atoms with Crippen molar-refractivity contribution in [2.45, 2.75) is 46.3 Å². The lowest BCUT2D eigenvalue weighted by atomic mass is 10.1. The van der Waals surface area contributed by atoms with Gasteiger partial charge in [0, 0.05) is 37.3 Å². The molecule has 0 aromatic heterocycles. The fourth-order valence-corrected chi connectivity index (χ4v) is 2.11. The van der Waals surface area contributed by atoms with Crippen molar-refractivity contribution in [2.75, 3.05) is 19.6 Å². The molecule has 1 atom stereocenters. The Hall–Kier alpha value is -1.82. The fraction of sp³-hybridized carbons (Fsp3) is 0.588. The Labute approximate surface area is 137 Å². The molecule has 0 saturated heterocycles. The summed E-state index contributed by atoms with van der Waals surface area (Å²) in [6.07, 6.45) is -0.348. The molecule has 0 radical (unpaired) electrons. The monoisotopic (exact) mass is 326 g/mol. The molecule has 0 bridgehead atoms. The highest BCUT2D eigenvalue weighted by Crippen LogP contribution is 2.24. The number of phenols is 1. The first-order valence-electron chi connectivity index (χ1n) is 7.83. The molecule has 0 heterocycles. The Morgan fingerprint density at radius 1 is 1.43 bits per heavy atom. The number of phenolic OH excluding ortho intramolecular Hbond substituents is 1. The Kier molecular flexibility index (Phi) is 6.81. The lowest BCUT2D eigenvalue weighted by Crippen LogP contribution is -2.40. The summed E-state index contributed by atoms with van der Waals surface area (Å²) in [6.45, 7) is 10.8. The zero-order valence-electron chi connectivity index (χ0n) is 14.5. The van der Waals surface area contributed by atoms with Crippen molar-refractivity contribution in [3.05, 3.63) is 29.6 Å². The summed E-state index contributed by atoms with van der Waals surface area (Å²) >= 11 is 0. The average Bonchev–Trinajstić information content (AvgIpc) is 2.41. The minimum Gasteiger partial charge on any atom is -0.508 e. The predicted octanol–water partition coefficient (Wildman–Crippen LogP) is 3.44. The van der Waals surface area contributed by atoms with Crippen LogP contribution in [0, 0.1) is 5.82 Å². The van der Waals surface area contributed by atoms with Gasteiger partial charge in [0.1, 0.15) is 17.2 Å². The maximum absolute atomic E-state index is 13.0. The molecule has 2 N–H and O–H groups in total. The smallest absolute Gasteiger partial charge is 0.410 e. The van der Waals surface area contributed by atoms with E-state index in [9.17, 15) is 14.3 Å². The van der Waals surface area contributed by atoms with Crippen LogP contribution in [-0.2, 0) is 4.74 Å². The number of amides is 1. The summed E-state index contributed by atoms with van der Waals surface area (Å²) in [5.41, 5.74) is 0.0946. The normalized spacial score (nSPS) is 12.8. The van der Waals surface area contributed by atoms with E-state index < -0.39 is 11.4 Å². The first kappa shape index (κ1) is 19.2. The van der Waals surface area contributed by atoms with Crippen molar-refractivity contribution in [2.24, 2.45) is 0 Å². The molecule has 1 unspecified atom stereocenters. The number of ether oxygens (including phenoxy) is 1. The standard InChI is InChI=1S/C17H27FN2O3/c1-6-20(16(22)23-17(3,4)5)10-9-19-12(2)14-8-7-13(18)11-15(14)21/h7-8,11-12,19,21H,6,9-10H2,1-5H3. The van der Waals surface area contributed by atoms with Gasteiger partial charge in [0.2, 0.25) is 0 Å². The molecule has 6 heteroatoms. The first-order valence-corrected chi connectivity index (χ1v) is 7.83. The maximum atomic E-state index is 13.0. The molecule has 0 aliphatic carbocycles. The summed E-state index contributed by atoms with van der Waals surface area (Å²) in [6, 6.07) is 3.79. The van der Waals surface area contributed by atoms with Gasteiger partial charge in [-0.1, -0.05) is 6.07 Å². The molecule has 23 heavy (non-hydrogen) atoms. The lowest BCUT2D eigenvalue weighted by molar-refractivity contribution is 0.0261. The van der Waals surface area contributed by atoms with Crippen LogP contribution in [-0.4, -0.2) is 41.3 Å². The second-order valence-corrected chi connectivity index (χ2v) is 6.44. The number of carbonyl (C=O) groups is 1. The highest BCUT2D eigenvalue weighted by Gasteiger charge is 2.21. The molecular formula is C17H27FN2O3. The quantitative estimate of drug-likeness (QED) is 0.840. The van der Waals surface area contributed by atoms with Gasteiger partial charge in [-0.15, -0.1) is 0 Å². The van der Waals surface area contributed by atoms with Crippen molar-refractivity contribution in [3.8, 4) is 5.75 Å². The molecule has 0 fully saturated rings. The van der Waals surface area contributed by atoms with Gasteiger partial charge in [-0.2, -0.15) is 0 Å². The number of hydrogen-bond donors (Lipinski definition) is 2. The molecular weight excluding hydrogens is 299 g/mol. The second kappa shape index (κ2) is 8.15. The minimum atomic E-state index is -0.523. The summed E-state index contributed by atoms with van der Waals surface area (Å²) in [5.74, 6) is -0.551. The third-order valence-electron chi connectivity index (χ3n) is 3.32. The van der Waals surface area contributed by atoms with E-state index in [1.165, 1.54) is 6.07 Å². The molecule has 130 valence electrons. The number of benzene rings is 1. The second-order valence-electron chi connectivity index (χ2n) is 6.44. The molecule has 1 aromatic rings. The molecule has 5 nitrogen and oxygen atoms in total. The number of carbonyl (C=O) groups excluding carboxylic acids is 1. The van der Waals surface area contributed by atoms with E-state index in [-0.39, 0.29) is 17.9 Å². The third kappa shape index (κ3) is 6.44. The van der Waals surface area contributed by atoms with Crippen LogP contribution < -0.4 is 5.32 Å². The number of nitrogens with zero attached hydrogens (tertiary/aromatic N) is 1. The van der Waals surface area contributed by atoms with Gasteiger partial charge in [0.05, 0.1) is 0 Å². The van der Waals surface area contributed by atoms with Gasteiger partial charge in [-0.05, 0) is 40.7 Å². The van der Waals surface area contributed by atoms with Crippen molar-refractivity contribution >= 4 is 6.09 Å². The van der Waals surface area contributed by atoms with E-state index in [4.69, 9.17) is 4.74 Å². The van der Waals surface area contributed by atoms with Crippen LogP contribution in [0.1, 0.15) is 46.2 Å². The van der Waals surface area contributed by atoms with Gasteiger partial charge in [-0.3, -0.25) is 0 Å². The van der Waals surface area contributed by atoms with Gasteiger partial charge < -0.3 is 20.1 Å². The van der Waals surface area contributed by atoms with Crippen LogP contribution >= 0.6 is 0 Å². The number of aromatic hydroxyl groups is 1. The Morgan fingerprint density at radius 2 is 2.09 bits per heavy atom. The summed E-state index contributed by atoms with van der Waals surface area (Å²) in [5, 5.41) is 13.0. The van der Waals surface area contributed by atoms with Crippen molar-refractivity contribution < 1.29 is 19.0 Å². The number of rotatable bonds is 6. The summed E-state index contributed by atoms with van der Waals surface area (Å²) in [7, 11) is 0. The van der Waals surface area contributed by atoms with Crippen LogP contribution in [0.15, 0.2) is 18.2 Å². The van der Waals surface area contributed by atoms with Crippen molar-refractivity contribution in [1.29, 1.82) is 0 Å². The molecule has 1 rings (SSSR count). The zero-order chi connectivity index (χ0) is 17.6. The number of halogens is 1. The molecule has 0 aliphatic heterocycles. The zero-order valence-corrected chi connectivity index (χ0v) is 14.5. The van der Waals surface area contributed by atoms with E-state index in [1.54, 1.807) is 11.0 Å². The number of likely N-dealkylation sites (N-methyl/N-ethyl adjacent to an activating group) is 1. The average molecular weight is 326 g/mol. The predicted molar refractivity (Wildman–Crippen MR) is 88.0 cm³/mol. The van der Waals surface area contributed by atoms with E-state index in [2.05, 4.69) is 5.32 Å². The SMILES string of the molecule is CCN(CCNC(C)c1ccc(F)cc1O)C(=O)OC(C)(C)C. The number of nitrogens with one attached hydrogen (secondary N) is 1. The van der Waals surface area contributed by atoms with Gasteiger partial charge in [0.25, 0.3) is 0 Å². The third-order valence-corrected chi connectivity index (χ3v) is 3.32. The number of hydrogen-bond acceptors (Lipinski definition) is 4. The summed E-state index contributed by atoms with van der Waals surface area (Å²) < 4.78 is 18.3. The highest BCUT2D eigenvalue weighted by molar-refractivity contribution is 5.68. The Morgan fingerprint density at radius 3 is 2.61 bits per heavy atom. The fourth-order valence-electron chi connectivity index (χ4n) is 2.11. The van der Waals surface area contributed by atoms with Gasteiger partial charge in [0.15, 0.2) is 0 Å². The van der Waals surface area contributed by atoms with E-state index in [1.807, 2.05) is 34.6 Å². The van der Waals surface area contributed by atoms with Crippen molar-refractivity contribution in [1.82, 2.24) is 10.2 Å². The maximum Gasteiger partial charge on any atom is 0.410 e. The highest BCUT2D eigenvalue weighted by atomic mass is 19.1. The van der Waals surface area contributed by atoms with Crippen LogP contribution in [0.2, 0.25) is 0 Å². The van der Waals surface area contributed by atoms with Crippen LogP contribution in [0.3, 0.4) is 0 Å².